The van der Waals surface area contributed by atoms with Crippen molar-refractivity contribution in [2.24, 2.45) is 0 Å². The molecule has 8 nitrogen and oxygen atoms in total. The van der Waals surface area contributed by atoms with E-state index in [4.69, 9.17) is 34.3 Å². The summed E-state index contributed by atoms with van der Waals surface area (Å²) in [5.41, 5.74) is 29.6. The van der Waals surface area contributed by atoms with Crippen molar-refractivity contribution in [3.63, 3.8) is 0 Å². The summed E-state index contributed by atoms with van der Waals surface area (Å²) >= 11 is 1.73. The number of pyridine rings is 3. The van der Waals surface area contributed by atoms with E-state index in [0.717, 1.165) is 165 Å². The fourth-order valence-corrected chi connectivity index (χ4v) is 18.3. The molecule has 6 aromatic heterocycles. The molecule has 18 aromatic carbocycles. The zero-order valence-corrected chi connectivity index (χ0v) is 67.9. The van der Waals surface area contributed by atoms with Gasteiger partial charge in [0.1, 0.15) is 10.5 Å². The van der Waals surface area contributed by atoms with Crippen LogP contribution in [0.1, 0.15) is 0 Å². The van der Waals surface area contributed by atoms with Crippen LogP contribution in [-0.2, 0) is 0 Å². The first-order chi connectivity index (χ1) is 61.5. The summed E-state index contributed by atoms with van der Waals surface area (Å²) in [4.78, 5) is 35.4. The third-order valence-electron chi connectivity index (χ3n) is 23.3. The van der Waals surface area contributed by atoms with Crippen LogP contribution < -0.4 is 0 Å². The van der Waals surface area contributed by atoms with Crippen LogP contribution in [0.2, 0.25) is 0 Å². The van der Waals surface area contributed by atoms with Crippen molar-refractivity contribution >= 4 is 109 Å². The van der Waals surface area contributed by atoms with E-state index in [2.05, 4.69) is 375 Å². The van der Waals surface area contributed by atoms with Crippen LogP contribution in [0.15, 0.2) is 447 Å². The van der Waals surface area contributed by atoms with Crippen molar-refractivity contribution in [2.45, 2.75) is 0 Å². The number of benzene rings is 18. The summed E-state index contributed by atoms with van der Waals surface area (Å²) in [6.45, 7) is 0. The molecule has 0 aliphatic carbocycles. The van der Waals surface area contributed by atoms with E-state index in [-0.39, 0.29) is 0 Å². The van der Waals surface area contributed by atoms with Gasteiger partial charge in [0.25, 0.3) is 0 Å². The number of para-hydroxylation sites is 4. The molecule has 24 aromatic rings. The zero-order chi connectivity index (χ0) is 82.2. The van der Waals surface area contributed by atoms with Gasteiger partial charge in [-0.15, -0.1) is 11.3 Å². The standard InChI is InChI=1S/C39H25N3.C38H24N2O.C38H24N2S/c1-4-13-26(14-5-1)30-20-12-21-33-36(30)31-24-23-29(25-35(31)40-38(33)28-17-8-3-9-18-28)39-41-34-22-11-10-19-32(34)37(42-39)27-15-6-2-7-16-27;2*1-3-10-26(11-4-1)30-14-9-15-32-36(30)31-23-22-29(24-34(31)39-37(32)27-12-5-2-6-13-27)25-18-20-28(21-19-25)38-40-33-16-7-8-17-35(33)41-38/h1-25H;2*1-24H. The lowest BCUT2D eigenvalue weighted by atomic mass is 9.92. The molecule has 0 aliphatic rings. The molecule has 0 saturated carbocycles. The number of fused-ring (bicyclic) bond motifs is 12. The van der Waals surface area contributed by atoms with E-state index in [1.807, 2.05) is 72.8 Å². The number of aromatic nitrogens is 7. The van der Waals surface area contributed by atoms with E-state index in [1.165, 1.54) is 54.2 Å². The molecule has 0 fully saturated rings. The Bertz CT molecular complexity index is 7730. The smallest absolute Gasteiger partial charge is 0.227 e. The highest BCUT2D eigenvalue weighted by molar-refractivity contribution is 7.21. The molecule has 0 radical (unpaired) electrons. The highest BCUT2D eigenvalue weighted by Crippen LogP contribution is 2.45. The van der Waals surface area contributed by atoms with Crippen molar-refractivity contribution < 1.29 is 4.42 Å². The minimum absolute atomic E-state index is 0.630. The van der Waals surface area contributed by atoms with E-state index < -0.39 is 0 Å². The number of oxazole rings is 1. The monoisotopic (exact) mass is 1600 g/mol. The fraction of sp³-hybridized carbons (Fsp3) is 0. The van der Waals surface area contributed by atoms with Crippen LogP contribution in [0.3, 0.4) is 0 Å². The van der Waals surface area contributed by atoms with Crippen LogP contribution >= 0.6 is 11.3 Å². The molecule has 0 N–H and O–H groups in total. The highest BCUT2D eigenvalue weighted by Gasteiger charge is 2.22. The molecule has 0 saturated heterocycles. The lowest BCUT2D eigenvalue weighted by Gasteiger charge is -2.15. The highest BCUT2D eigenvalue weighted by atomic mass is 32.1. The van der Waals surface area contributed by atoms with Gasteiger partial charge in [0, 0.05) is 92.8 Å². The van der Waals surface area contributed by atoms with Gasteiger partial charge in [-0.05, 0) is 116 Å². The Morgan fingerprint density at radius 2 is 0.508 bits per heavy atom. The second-order valence-electron chi connectivity index (χ2n) is 30.9. The summed E-state index contributed by atoms with van der Waals surface area (Å²) in [5.74, 6) is 1.32. The molecule has 6 heterocycles. The topological polar surface area (TPSA) is 103 Å². The van der Waals surface area contributed by atoms with Gasteiger partial charge < -0.3 is 4.42 Å². The Kier molecular flexibility index (Phi) is 19.3. The Morgan fingerprint density at radius 3 is 0.935 bits per heavy atom. The summed E-state index contributed by atoms with van der Waals surface area (Å²) in [6.07, 6.45) is 0. The average molecular weight is 1600 g/mol. The molecule has 0 unspecified atom stereocenters. The van der Waals surface area contributed by atoms with Crippen molar-refractivity contribution in [2.75, 3.05) is 0 Å². The summed E-state index contributed by atoms with van der Waals surface area (Å²) < 4.78 is 7.19. The molecule has 0 spiro atoms. The maximum atomic E-state index is 5.98. The molecule has 24 rings (SSSR count). The van der Waals surface area contributed by atoms with Crippen LogP contribution in [0.5, 0.6) is 0 Å². The van der Waals surface area contributed by atoms with E-state index in [9.17, 15) is 0 Å². The second-order valence-corrected chi connectivity index (χ2v) is 31.9. The lowest BCUT2D eigenvalue weighted by Crippen LogP contribution is -1.96. The van der Waals surface area contributed by atoms with E-state index >= 15 is 0 Å². The minimum atomic E-state index is 0.630. The van der Waals surface area contributed by atoms with Gasteiger partial charge in [-0.1, -0.05) is 382 Å². The summed E-state index contributed by atoms with van der Waals surface area (Å²) in [7, 11) is 0. The van der Waals surface area contributed by atoms with E-state index in [1.54, 1.807) is 11.3 Å². The Morgan fingerprint density at radius 1 is 0.177 bits per heavy atom. The maximum Gasteiger partial charge on any atom is 0.227 e. The van der Waals surface area contributed by atoms with Gasteiger partial charge in [-0.25, -0.2) is 34.9 Å². The van der Waals surface area contributed by atoms with Gasteiger partial charge in [-0.2, -0.15) is 0 Å². The number of rotatable bonds is 12. The van der Waals surface area contributed by atoms with Gasteiger partial charge in [0.05, 0.1) is 55.1 Å². The van der Waals surface area contributed by atoms with Crippen LogP contribution in [0.4, 0.5) is 0 Å². The average Bonchev–Trinajstić information content (AvgIpc) is 0.843. The molecule has 580 valence electrons. The Balaban J connectivity index is 0.000000111. The molecule has 0 atom stereocenters. The molecule has 124 heavy (non-hydrogen) atoms. The number of hydrogen-bond donors (Lipinski definition) is 0. The third kappa shape index (κ3) is 14.2. The zero-order valence-electron chi connectivity index (χ0n) is 67.1. The number of thiazole rings is 1. The first-order valence-corrected chi connectivity index (χ1v) is 42.5. The van der Waals surface area contributed by atoms with Gasteiger partial charge in [-0.3, -0.25) is 0 Å². The quantitative estimate of drug-likeness (QED) is 0.111. The molecule has 0 amide bonds. The largest absolute Gasteiger partial charge is 0.436 e. The second kappa shape index (κ2) is 32.4. The summed E-state index contributed by atoms with van der Waals surface area (Å²) in [6, 6.07) is 154. The Hall–Kier alpha value is -16.3. The molecule has 0 aliphatic heterocycles. The van der Waals surface area contributed by atoms with Crippen LogP contribution in [0, 0.1) is 0 Å². The van der Waals surface area contributed by atoms with Gasteiger partial charge >= 0.3 is 0 Å². The predicted molar refractivity (Wildman–Crippen MR) is 517 cm³/mol. The maximum absolute atomic E-state index is 5.98. The first kappa shape index (κ1) is 74.0. The van der Waals surface area contributed by atoms with Gasteiger partial charge in [0.15, 0.2) is 11.4 Å². The lowest BCUT2D eigenvalue weighted by molar-refractivity contribution is 0.620. The number of hydrogen-bond acceptors (Lipinski definition) is 9. The van der Waals surface area contributed by atoms with Crippen molar-refractivity contribution in [1.29, 1.82) is 0 Å². The predicted octanol–water partition coefficient (Wildman–Crippen LogP) is 30.9. The van der Waals surface area contributed by atoms with Crippen LogP contribution in [0.25, 0.3) is 231 Å². The SMILES string of the molecule is c1ccc(-c2nc(-c3ccc4c(c3)nc(-c3ccccc3)c3cccc(-c5ccccc5)c34)nc3ccccc23)cc1.c1ccc(-c2nc3cc(-c4ccc(-c5nc6ccccc6o5)cc4)ccc3c3c(-c4ccccc4)cccc23)cc1.c1ccc(-c2nc3cc(-c4ccc(-c5nc6ccccc6s5)cc4)ccc3c3c(-c4ccccc4)cccc23)cc1. The first-order valence-electron chi connectivity index (χ1n) is 41.6. The minimum Gasteiger partial charge on any atom is -0.436 e. The van der Waals surface area contributed by atoms with Crippen molar-refractivity contribution in [3.05, 3.63) is 443 Å². The number of nitrogens with zero attached hydrogens (tertiary/aromatic N) is 7. The summed E-state index contributed by atoms with van der Waals surface area (Å²) in [5, 5.41) is 12.6. The van der Waals surface area contributed by atoms with Crippen molar-refractivity contribution in [1.82, 2.24) is 34.9 Å². The molecule has 0 bridgehead atoms. The normalized spacial score (nSPS) is 11.4. The fourth-order valence-electron chi connectivity index (χ4n) is 17.3. The molecular formula is C115H73N7OS. The third-order valence-corrected chi connectivity index (χ3v) is 24.4. The van der Waals surface area contributed by atoms with Crippen molar-refractivity contribution in [3.8, 4) is 134 Å². The van der Waals surface area contributed by atoms with Crippen LogP contribution in [-0.4, -0.2) is 34.9 Å². The molecular weight excluding hydrogens is 1530 g/mol. The van der Waals surface area contributed by atoms with Gasteiger partial charge in [0.2, 0.25) is 5.89 Å². The molecule has 9 heteroatoms. The van der Waals surface area contributed by atoms with E-state index in [0.29, 0.717) is 11.7 Å². The Labute approximate surface area is 719 Å².